The number of benzene rings is 3. The van der Waals surface area contributed by atoms with E-state index < -0.39 is 5.97 Å². The second-order valence-corrected chi connectivity index (χ2v) is 8.55. The average molecular weight is 509 g/mol. The lowest BCUT2D eigenvalue weighted by molar-refractivity contribution is -0.123. The second kappa shape index (κ2) is 11.4. The molecule has 0 saturated carbocycles. The number of ether oxygens (including phenoxy) is 2. The predicted molar refractivity (Wildman–Crippen MR) is 132 cm³/mol. The molecule has 0 fully saturated rings. The van der Waals surface area contributed by atoms with Crippen molar-refractivity contribution in [3.05, 3.63) is 93.5 Å². The summed E-state index contributed by atoms with van der Waals surface area (Å²) in [7, 11) is 0. The van der Waals surface area contributed by atoms with Gasteiger partial charge in [0.25, 0.3) is 5.91 Å². The highest BCUT2D eigenvalue weighted by atomic mass is 79.9. The molecule has 0 aliphatic rings. The Morgan fingerprint density at radius 2 is 1.79 bits per heavy atom. The maximum Gasteiger partial charge on any atom is 0.344 e. The van der Waals surface area contributed by atoms with Crippen LogP contribution in [0, 0.1) is 6.92 Å². The van der Waals surface area contributed by atoms with Crippen LogP contribution in [-0.2, 0) is 4.79 Å². The number of rotatable bonds is 8. The van der Waals surface area contributed by atoms with E-state index >= 15 is 0 Å². The van der Waals surface area contributed by atoms with Crippen molar-refractivity contribution in [1.29, 1.82) is 0 Å². The molecule has 33 heavy (non-hydrogen) atoms. The molecule has 0 unspecified atom stereocenters. The average Bonchev–Trinajstić information content (AvgIpc) is 2.79. The quantitative estimate of drug-likeness (QED) is 0.185. The minimum absolute atomic E-state index is 0.135. The van der Waals surface area contributed by atoms with Crippen LogP contribution in [0.5, 0.6) is 11.5 Å². The van der Waals surface area contributed by atoms with Crippen molar-refractivity contribution in [2.75, 3.05) is 6.61 Å². The number of aryl methyl sites for hydroxylation is 1. The van der Waals surface area contributed by atoms with Crippen LogP contribution in [0.25, 0.3) is 0 Å². The number of esters is 1. The molecule has 3 rings (SSSR count). The van der Waals surface area contributed by atoms with E-state index in [1.165, 1.54) is 6.21 Å². The molecule has 0 bridgehead atoms. The fourth-order valence-electron chi connectivity index (χ4n) is 2.90. The predicted octanol–water partition coefficient (Wildman–Crippen LogP) is 5.63. The number of carbonyl (C=O) groups excluding carboxylic acids is 2. The van der Waals surface area contributed by atoms with Crippen molar-refractivity contribution in [1.82, 2.24) is 5.43 Å². The SMILES string of the molecule is Cc1ccc(C(C)C)cc1OCC(=O)N/N=C\c1ccc(OC(=O)c2ccccc2Br)cc1. The number of nitrogens with one attached hydrogen (secondary N) is 1. The summed E-state index contributed by atoms with van der Waals surface area (Å²) in [6.45, 7) is 6.02. The maximum atomic E-state index is 12.3. The Hall–Kier alpha value is -3.45. The summed E-state index contributed by atoms with van der Waals surface area (Å²) in [5.41, 5.74) is 5.75. The van der Waals surface area contributed by atoms with Crippen LogP contribution in [0.3, 0.4) is 0 Å². The third kappa shape index (κ3) is 7.02. The third-order valence-corrected chi connectivity index (χ3v) is 5.52. The van der Waals surface area contributed by atoms with Crippen molar-refractivity contribution in [3.63, 3.8) is 0 Å². The first-order chi connectivity index (χ1) is 15.8. The Kier molecular flexibility index (Phi) is 8.38. The van der Waals surface area contributed by atoms with Crippen molar-refractivity contribution >= 4 is 34.0 Å². The highest BCUT2D eigenvalue weighted by Gasteiger charge is 2.12. The van der Waals surface area contributed by atoms with Gasteiger partial charge in [0, 0.05) is 4.47 Å². The van der Waals surface area contributed by atoms with E-state index in [9.17, 15) is 9.59 Å². The molecule has 0 aliphatic heterocycles. The number of halogens is 1. The van der Waals surface area contributed by atoms with Crippen LogP contribution in [-0.4, -0.2) is 24.7 Å². The Morgan fingerprint density at radius 1 is 1.06 bits per heavy atom. The Morgan fingerprint density at radius 3 is 2.48 bits per heavy atom. The van der Waals surface area contributed by atoms with Gasteiger partial charge in [0.2, 0.25) is 0 Å². The lowest BCUT2D eigenvalue weighted by Gasteiger charge is -2.12. The van der Waals surface area contributed by atoms with E-state index in [-0.39, 0.29) is 12.5 Å². The molecule has 0 saturated heterocycles. The van der Waals surface area contributed by atoms with E-state index in [0.29, 0.717) is 27.5 Å². The Balaban J connectivity index is 1.49. The monoisotopic (exact) mass is 508 g/mol. The zero-order valence-corrected chi connectivity index (χ0v) is 20.3. The first-order valence-electron chi connectivity index (χ1n) is 10.5. The summed E-state index contributed by atoms with van der Waals surface area (Å²) >= 11 is 3.34. The second-order valence-electron chi connectivity index (χ2n) is 7.70. The fraction of sp³-hybridized carbons (Fsp3) is 0.192. The molecule has 0 radical (unpaired) electrons. The maximum absolute atomic E-state index is 12.3. The number of nitrogens with zero attached hydrogens (tertiary/aromatic N) is 1. The summed E-state index contributed by atoms with van der Waals surface area (Å²) in [4.78, 5) is 24.3. The highest BCUT2D eigenvalue weighted by Crippen LogP contribution is 2.24. The van der Waals surface area contributed by atoms with Gasteiger partial charge in [-0.25, -0.2) is 10.2 Å². The van der Waals surface area contributed by atoms with Gasteiger partial charge in [-0.05, 0) is 87.9 Å². The summed E-state index contributed by atoms with van der Waals surface area (Å²) in [5, 5.41) is 3.95. The molecular formula is C26H25BrN2O4. The number of hydrazone groups is 1. The smallest absolute Gasteiger partial charge is 0.344 e. The van der Waals surface area contributed by atoms with Crippen LogP contribution in [0.15, 0.2) is 76.3 Å². The van der Waals surface area contributed by atoms with Gasteiger partial charge < -0.3 is 9.47 Å². The zero-order chi connectivity index (χ0) is 23.8. The zero-order valence-electron chi connectivity index (χ0n) is 18.7. The third-order valence-electron chi connectivity index (χ3n) is 4.82. The van der Waals surface area contributed by atoms with E-state index in [0.717, 1.165) is 16.7 Å². The molecule has 0 atom stereocenters. The molecule has 3 aromatic carbocycles. The van der Waals surface area contributed by atoms with Crippen molar-refractivity contribution in [2.24, 2.45) is 5.10 Å². The molecule has 7 heteroatoms. The first kappa shape index (κ1) is 24.2. The highest BCUT2D eigenvalue weighted by molar-refractivity contribution is 9.10. The lowest BCUT2D eigenvalue weighted by Crippen LogP contribution is -2.24. The molecular weight excluding hydrogens is 484 g/mol. The van der Waals surface area contributed by atoms with Gasteiger partial charge in [0.05, 0.1) is 11.8 Å². The molecule has 0 aliphatic carbocycles. The topological polar surface area (TPSA) is 77.0 Å². The summed E-state index contributed by atoms with van der Waals surface area (Å²) in [5.74, 6) is 0.656. The summed E-state index contributed by atoms with van der Waals surface area (Å²) in [6.07, 6.45) is 1.50. The molecule has 0 heterocycles. The van der Waals surface area contributed by atoms with Gasteiger partial charge in [-0.3, -0.25) is 4.79 Å². The van der Waals surface area contributed by atoms with Crippen LogP contribution in [0.2, 0.25) is 0 Å². The molecule has 0 spiro atoms. The molecule has 1 amide bonds. The van der Waals surface area contributed by atoms with Gasteiger partial charge in [0.1, 0.15) is 11.5 Å². The van der Waals surface area contributed by atoms with Crippen LogP contribution < -0.4 is 14.9 Å². The number of carbonyl (C=O) groups is 2. The van der Waals surface area contributed by atoms with Crippen molar-refractivity contribution in [2.45, 2.75) is 26.7 Å². The lowest BCUT2D eigenvalue weighted by atomic mass is 10.0. The van der Waals surface area contributed by atoms with Crippen molar-refractivity contribution < 1.29 is 19.1 Å². The molecule has 0 aromatic heterocycles. The molecule has 3 aromatic rings. The largest absolute Gasteiger partial charge is 0.483 e. The van der Waals surface area contributed by atoms with Gasteiger partial charge in [-0.2, -0.15) is 5.10 Å². The van der Waals surface area contributed by atoms with Crippen LogP contribution in [0.1, 0.15) is 46.8 Å². The van der Waals surface area contributed by atoms with Gasteiger partial charge in [-0.15, -0.1) is 0 Å². The van der Waals surface area contributed by atoms with Crippen molar-refractivity contribution in [3.8, 4) is 11.5 Å². The number of hydrogen-bond acceptors (Lipinski definition) is 5. The van der Waals surface area contributed by atoms with E-state index in [2.05, 4.69) is 46.4 Å². The first-order valence-corrected chi connectivity index (χ1v) is 11.2. The van der Waals surface area contributed by atoms with Gasteiger partial charge in [0.15, 0.2) is 6.61 Å². The van der Waals surface area contributed by atoms with E-state index in [4.69, 9.17) is 9.47 Å². The molecule has 170 valence electrons. The summed E-state index contributed by atoms with van der Waals surface area (Å²) in [6, 6.07) is 19.8. The standard InChI is InChI=1S/C26H25BrN2O4/c1-17(2)20-11-8-18(3)24(14-20)32-16-25(30)29-28-15-19-9-12-21(13-10-19)33-26(31)22-6-4-5-7-23(22)27/h4-15,17H,16H2,1-3H3,(H,29,30)/b28-15-. The normalized spacial score (nSPS) is 10.9. The minimum Gasteiger partial charge on any atom is -0.483 e. The Labute approximate surface area is 201 Å². The number of hydrogen-bond donors (Lipinski definition) is 1. The van der Waals surface area contributed by atoms with E-state index in [1.807, 2.05) is 25.1 Å². The van der Waals surface area contributed by atoms with Crippen LogP contribution in [0.4, 0.5) is 0 Å². The summed E-state index contributed by atoms with van der Waals surface area (Å²) < 4.78 is 11.7. The molecule has 6 nitrogen and oxygen atoms in total. The van der Waals surface area contributed by atoms with Gasteiger partial charge >= 0.3 is 5.97 Å². The molecule has 1 N–H and O–H groups in total. The van der Waals surface area contributed by atoms with E-state index in [1.54, 1.807) is 42.5 Å². The fourth-order valence-corrected chi connectivity index (χ4v) is 3.34. The minimum atomic E-state index is -0.453. The Bertz CT molecular complexity index is 1160. The van der Waals surface area contributed by atoms with Crippen LogP contribution >= 0.6 is 15.9 Å². The number of amides is 1. The van der Waals surface area contributed by atoms with Gasteiger partial charge in [-0.1, -0.05) is 38.1 Å².